The van der Waals surface area contributed by atoms with Gasteiger partial charge in [0.1, 0.15) is 21.2 Å². The molecule has 25 heavy (non-hydrogen) atoms. The average molecular weight is 416 g/mol. The largest absolute Gasteiger partial charge is 0.465 e. The van der Waals surface area contributed by atoms with Gasteiger partial charge in [0.2, 0.25) is 0 Å². The molecule has 1 rings (SSSR count). The van der Waals surface area contributed by atoms with Gasteiger partial charge < -0.3 is 4.74 Å². The van der Waals surface area contributed by atoms with Crippen molar-refractivity contribution in [3.8, 4) is 0 Å². The zero-order valence-electron chi connectivity index (χ0n) is 13.7. The highest BCUT2D eigenvalue weighted by molar-refractivity contribution is 7.91. The molecule has 0 radical (unpaired) electrons. The number of ether oxygens (including phenoxy) is 1. The van der Waals surface area contributed by atoms with Crippen LogP contribution in [0.25, 0.3) is 0 Å². The summed E-state index contributed by atoms with van der Waals surface area (Å²) in [6, 6.07) is 2.06. The Hall–Kier alpha value is -1.23. The summed E-state index contributed by atoms with van der Waals surface area (Å²) >= 11 is 3.45. The van der Waals surface area contributed by atoms with Crippen molar-refractivity contribution in [2.75, 3.05) is 29.5 Å². The molecule has 0 saturated heterocycles. The van der Waals surface area contributed by atoms with E-state index in [-0.39, 0.29) is 35.2 Å². The number of sulfone groups is 1. The smallest absolute Gasteiger partial charge is 0.342 e. The number of nitrogens with zero attached hydrogens (tertiary/aromatic N) is 1. The van der Waals surface area contributed by atoms with Gasteiger partial charge in [-0.15, -0.1) is 0 Å². The van der Waals surface area contributed by atoms with E-state index in [0.717, 1.165) is 23.5 Å². The summed E-state index contributed by atoms with van der Waals surface area (Å²) in [6.45, 7) is 1.61. The Morgan fingerprint density at radius 1 is 1.40 bits per heavy atom. The molecular formula is C14H19ClFNO6S2. The number of rotatable bonds is 9. The molecule has 142 valence electrons. The number of hydrogen-bond donors (Lipinski definition) is 1. The standard InChI is InChI=1S/C14H19ClFNO6S2/c1-3-8-25(21,22)9-4-7-17(24(19)20)11-6-5-10(16)12(13(11)15)14(18)23-2/h5-6H,3-4,7-9H2,1-2H3,(H,19,20). The Kier molecular flexibility index (Phi) is 8.26. The lowest BCUT2D eigenvalue weighted by Gasteiger charge is -2.22. The summed E-state index contributed by atoms with van der Waals surface area (Å²) < 4.78 is 63.6. The predicted octanol–water partition coefficient (Wildman–Crippen LogP) is 2.42. The molecule has 0 amide bonds. The average Bonchev–Trinajstić information content (AvgIpc) is 2.52. The number of benzene rings is 1. The van der Waals surface area contributed by atoms with E-state index in [2.05, 4.69) is 4.74 Å². The summed E-state index contributed by atoms with van der Waals surface area (Å²) in [7, 11) is -2.20. The summed E-state index contributed by atoms with van der Waals surface area (Å²) in [4.78, 5) is 11.6. The number of esters is 1. The van der Waals surface area contributed by atoms with E-state index in [0.29, 0.717) is 6.42 Å². The van der Waals surface area contributed by atoms with Gasteiger partial charge in [-0.2, -0.15) is 0 Å². The number of hydrogen-bond acceptors (Lipinski definition) is 5. The van der Waals surface area contributed by atoms with Crippen LogP contribution in [0.1, 0.15) is 30.1 Å². The molecule has 0 aliphatic heterocycles. The number of carbonyl (C=O) groups is 1. The van der Waals surface area contributed by atoms with E-state index in [9.17, 15) is 26.4 Å². The Morgan fingerprint density at radius 3 is 2.56 bits per heavy atom. The molecule has 0 spiro atoms. The first kappa shape index (κ1) is 21.8. The van der Waals surface area contributed by atoms with Gasteiger partial charge in [0.05, 0.1) is 23.6 Å². The second-order valence-electron chi connectivity index (χ2n) is 5.09. The van der Waals surface area contributed by atoms with Crippen LogP contribution in [0, 0.1) is 5.82 Å². The van der Waals surface area contributed by atoms with Gasteiger partial charge >= 0.3 is 5.97 Å². The van der Waals surface area contributed by atoms with Crippen molar-refractivity contribution in [2.45, 2.75) is 19.8 Å². The second kappa shape index (κ2) is 9.46. The fourth-order valence-corrected chi connectivity index (χ4v) is 4.53. The van der Waals surface area contributed by atoms with Crippen molar-refractivity contribution in [3.05, 3.63) is 28.5 Å². The number of methoxy groups -OCH3 is 1. The number of halogens is 2. The zero-order valence-corrected chi connectivity index (χ0v) is 16.1. The Morgan fingerprint density at radius 2 is 2.04 bits per heavy atom. The third kappa shape index (κ3) is 5.91. The first-order valence-corrected chi connectivity index (χ1v) is 10.6. The van der Waals surface area contributed by atoms with Gasteiger partial charge in [-0.05, 0) is 25.0 Å². The minimum Gasteiger partial charge on any atom is -0.465 e. The van der Waals surface area contributed by atoms with Gasteiger partial charge in [0.25, 0.3) is 11.3 Å². The molecule has 1 atom stereocenters. The maximum Gasteiger partial charge on any atom is 0.342 e. The lowest BCUT2D eigenvalue weighted by Crippen LogP contribution is -2.29. The normalized spacial score (nSPS) is 12.7. The van der Waals surface area contributed by atoms with Crippen LogP contribution in [0.2, 0.25) is 5.02 Å². The van der Waals surface area contributed by atoms with Crippen molar-refractivity contribution in [2.24, 2.45) is 0 Å². The SMILES string of the molecule is CCCS(=O)(=O)CCCN(c1ccc(F)c(C(=O)OC)c1Cl)S(=O)O. The van der Waals surface area contributed by atoms with Crippen LogP contribution in [0.4, 0.5) is 10.1 Å². The van der Waals surface area contributed by atoms with Gasteiger partial charge in [0.15, 0.2) is 0 Å². The highest BCUT2D eigenvalue weighted by Gasteiger charge is 2.24. The van der Waals surface area contributed by atoms with Gasteiger partial charge in [-0.25, -0.2) is 21.8 Å². The quantitative estimate of drug-likeness (QED) is 0.491. The molecule has 11 heteroatoms. The van der Waals surface area contributed by atoms with E-state index in [4.69, 9.17) is 11.6 Å². The molecule has 1 aromatic carbocycles. The van der Waals surface area contributed by atoms with E-state index >= 15 is 0 Å². The molecule has 0 fully saturated rings. The number of carbonyl (C=O) groups excluding carboxylic acids is 1. The topological polar surface area (TPSA) is 101 Å². The van der Waals surface area contributed by atoms with Crippen molar-refractivity contribution in [3.63, 3.8) is 0 Å². The lowest BCUT2D eigenvalue weighted by atomic mass is 10.2. The molecule has 0 aliphatic rings. The zero-order chi connectivity index (χ0) is 19.2. The Balaban J connectivity index is 3.08. The van der Waals surface area contributed by atoms with Crippen LogP contribution >= 0.6 is 11.6 Å². The van der Waals surface area contributed by atoms with E-state index in [1.165, 1.54) is 0 Å². The molecule has 1 N–H and O–H groups in total. The number of anilines is 1. The van der Waals surface area contributed by atoms with Gasteiger partial charge in [0, 0.05) is 12.3 Å². The molecule has 0 saturated carbocycles. The maximum atomic E-state index is 13.8. The fraction of sp³-hybridized carbons (Fsp3) is 0.500. The molecule has 1 aromatic rings. The summed E-state index contributed by atoms with van der Waals surface area (Å²) in [5.41, 5.74) is -0.632. The van der Waals surface area contributed by atoms with Crippen LogP contribution in [0.15, 0.2) is 12.1 Å². The molecule has 0 aliphatic carbocycles. The van der Waals surface area contributed by atoms with Crippen molar-refractivity contribution in [1.82, 2.24) is 0 Å². The minimum atomic E-state index is -3.25. The van der Waals surface area contributed by atoms with E-state index < -0.39 is 38.5 Å². The van der Waals surface area contributed by atoms with Crippen molar-refractivity contribution >= 4 is 44.4 Å². The van der Waals surface area contributed by atoms with Gasteiger partial charge in [-0.1, -0.05) is 18.5 Å². The summed E-state index contributed by atoms with van der Waals surface area (Å²) in [6.07, 6.45) is 0.542. The third-order valence-corrected chi connectivity index (χ3v) is 6.33. The highest BCUT2D eigenvalue weighted by Crippen LogP contribution is 2.32. The molecule has 7 nitrogen and oxygen atoms in total. The highest BCUT2D eigenvalue weighted by atomic mass is 35.5. The maximum absolute atomic E-state index is 13.8. The van der Waals surface area contributed by atoms with Crippen LogP contribution < -0.4 is 4.31 Å². The fourth-order valence-electron chi connectivity index (χ4n) is 2.15. The summed E-state index contributed by atoms with van der Waals surface area (Å²) in [5.74, 6) is -2.11. The molecule has 1 unspecified atom stereocenters. The van der Waals surface area contributed by atoms with Crippen LogP contribution in [0.5, 0.6) is 0 Å². The molecule has 0 bridgehead atoms. The lowest BCUT2D eigenvalue weighted by molar-refractivity contribution is 0.0595. The first-order valence-electron chi connectivity index (χ1n) is 7.29. The van der Waals surface area contributed by atoms with Crippen LogP contribution in [-0.2, 0) is 25.8 Å². The van der Waals surface area contributed by atoms with Crippen molar-refractivity contribution in [1.29, 1.82) is 0 Å². The van der Waals surface area contributed by atoms with Gasteiger partial charge in [-0.3, -0.25) is 8.86 Å². The minimum absolute atomic E-state index is 0.0268. The monoisotopic (exact) mass is 415 g/mol. The predicted molar refractivity (Wildman–Crippen MR) is 94.4 cm³/mol. The molecular weight excluding hydrogens is 397 g/mol. The van der Waals surface area contributed by atoms with E-state index in [1.54, 1.807) is 6.92 Å². The molecule has 0 heterocycles. The second-order valence-corrected chi connectivity index (χ2v) is 8.67. The van der Waals surface area contributed by atoms with E-state index in [1.807, 2.05) is 0 Å². The Labute approximate surface area is 153 Å². The third-order valence-electron chi connectivity index (χ3n) is 3.25. The molecule has 0 aromatic heterocycles. The first-order chi connectivity index (χ1) is 11.6. The Bertz CT molecular complexity index is 756. The van der Waals surface area contributed by atoms with Crippen molar-refractivity contribution < 1.29 is 31.1 Å². The van der Waals surface area contributed by atoms with Crippen LogP contribution in [0.3, 0.4) is 0 Å². The summed E-state index contributed by atoms with van der Waals surface area (Å²) in [5, 5.41) is -0.384. The van der Waals surface area contributed by atoms with Crippen LogP contribution in [-0.4, -0.2) is 48.3 Å².